The number of thioether (sulfide) groups is 2. The van der Waals surface area contributed by atoms with Crippen LogP contribution in [0.15, 0.2) is 70.6 Å². The Morgan fingerprint density at radius 1 is 0.958 bits per heavy atom. The molecule has 2 aromatic carbocycles. The molecule has 0 heterocycles. The Morgan fingerprint density at radius 2 is 1.54 bits per heavy atom. The Hall–Kier alpha value is -0.990. The van der Waals surface area contributed by atoms with Crippen LogP contribution in [0.1, 0.15) is 5.56 Å². The van der Waals surface area contributed by atoms with Gasteiger partial charge in [-0.2, -0.15) is 4.99 Å². The van der Waals surface area contributed by atoms with E-state index in [9.17, 15) is 0 Å². The lowest BCUT2D eigenvalue weighted by Gasteiger charge is -2.15. The molecule has 0 saturated heterocycles. The van der Waals surface area contributed by atoms with Crippen molar-refractivity contribution in [3.8, 4) is 0 Å². The summed E-state index contributed by atoms with van der Waals surface area (Å²) in [4.78, 5) is 11.4. The highest BCUT2D eigenvalue weighted by Gasteiger charge is 2.06. The first kappa shape index (κ1) is 21.1. The summed E-state index contributed by atoms with van der Waals surface area (Å²) in [6, 6.07) is 20.3. The highest BCUT2D eigenvalue weighted by molar-refractivity contribution is 14.0. The number of benzene rings is 2. The summed E-state index contributed by atoms with van der Waals surface area (Å²) in [6.45, 7) is 0. The van der Waals surface area contributed by atoms with E-state index in [1.54, 1.807) is 23.5 Å². The standard InChI is InChI=1S/C18H21N3S2.HI/c1-21(2)18(23-14-15-10-6-4-7-11-15)20-17(22-3)19-16-12-8-5-9-13-16;/h4-13H,14H2,1-3H3;1H/b19-17?,20-18+;. The minimum atomic E-state index is 0. The Bertz CT molecular complexity index is 658. The highest BCUT2D eigenvalue weighted by Crippen LogP contribution is 2.19. The molecule has 6 heteroatoms. The molecular weight excluding hydrogens is 449 g/mol. The summed E-state index contributed by atoms with van der Waals surface area (Å²) in [5, 5.41) is 1.72. The van der Waals surface area contributed by atoms with E-state index in [1.807, 2.05) is 61.6 Å². The molecule has 0 N–H and O–H groups in total. The third-order valence-corrected chi connectivity index (χ3v) is 4.69. The molecular formula is C18H22IN3S2. The van der Waals surface area contributed by atoms with Gasteiger partial charge in [-0.3, -0.25) is 0 Å². The Morgan fingerprint density at radius 3 is 2.08 bits per heavy atom. The van der Waals surface area contributed by atoms with Gasteiger partial charge >= 0.3 is 0 Å². The summed E-state index contributed by atoms with van der Waals surface area (Å²) >= 11 is 3.27. The highest BCUT2D eigenvalue weighted by atomic mass is 127. The summed E-state index contributed by atoms with van der Waals surface area (Å²) in [6.07, 6.45) is 2.00. The molecule has 0 aliphatic heterocycles. The van der Waals surface area contributed by atoms with Crippen molar-refractivity contribution in [3.05, 3.63) is 66.2 Å². The van der Waals surface area contributed by atoms with Crippen LogP contribution in [-0.4, -0.2) is 35.6 Å². The van der Waals surface area contributed by atoms with Crippen LogP contribution < -0.4 is 0 Å². The van der Waals surface area contributed by atoms with Crippen LogP contribution in [0.5, 0.6) is 0 Å². The first-order valence-corrected chi connectivity index (χ1v) is 9.50. The lowest BCUT2D eigenvalue weighted by molar-refractivity contribution is 0.637. The quantitative estimate of drug-likeness (QED) is 0.336. The zero-order chi connectivity index (χ0) is 16.5. The Kier molecular flexibility index (Phi) is 10.1. The zero-order valence-corrected chi connectivity index (χ0v) is 18.0. The number of aliphatic imine (C=N–C) groups is 2. The molecule has 3 nitrogen and oxygen atoms in total. The number of hydrogen-bond donors (Lipinski definition) is 0. The molecule has 0 aromatic heterocycles. The van der Waals surface area contributed by atoms with Gasteiger partial charge in [0, 0.05) is 19.8 Å². The summed E-state index contributed by atoms with van der Waals surface area (Å²) < 4.78 is 0. The number of nitrogens with zero attached hydrogens (tertiary/aromatic N) is 3. The Balaban J connectivity index is 0.00000288. The third kappa shape index (κ3) is 7.27. The van der Waals surface area contributed by atoms with E-state index in [0.717, 1.165) is 21.8 Å². The average Bonchev–Trinajstić information content (AvgIpc) is 2.59. The largest absolute Gasteiger partial charge is 0.357 e. The van der Waals surface area contributed by atoms with Crippen LogP contribution in [-0.2, 0) is 5.75 Å². The van der Waals surface area contributed by atoms with Crippen LogP contribution in [0.3, 0.4) is 0 Å². The van der Waals surface area contributed by atoms with Gasteiger partial charge in [0.05, 0.1) is 5.69 Å². The molecule has 0 unspecified atom stereocenters. The van der Waals surface area contributed by atoms with Gasteiger partial charge in [0.1, 0.15) is 0 Å². The zero-order valence-electron chi connectivity index (χ0n) is 14.0. The van der Waals surface area contributed by atoms with Crippen molar-refractivity contribution in [2.75, 3.05) is 20.4 Å². The number of para-hydroxylation sites is 1. The molecule has 0 amide bonds. The van der Waals surface area contributed by atoms with Gasteiger partial charge in [0.2, 0.25) is 0 Å². The van der Waals surface area contributed by atoms with Crippen molar-refractivity contribution in [1.82, 2.24) is 4.90 Å². The summed E-state index contributed by atoms with van der Waals surface area (Å²) in [5.41, 5.74) is 2.21. The first-order chi connectivity index (χ1) is 11.2. The van der Waals surface area contributed by atoms with Crippen LogP contribution in [0.4, 0.5) is 5.69 Å². The van der Waals surface area contributed by atoms with Gasteiger partial charge < -0.3 is 4.90 Å². The fourth-order valence-corrected chi connectivity index (χ4v) is 3.12. The van der Waals surface area contributed by atoms with E-state index >= 15 is 0 Å². The maximum atomic E-state index is 4.72. The van der Waals surface area contributed by atoms with Gasteiger partial charge in [0.25, 0.3) is 0 Å². The van der Waals surface area contributed by atoms with E-state index in [1.165, 1.54) is 5.56 Å². The van der Waals surface area contributed by atoms with Crippen LogP contribution in [0.2, 0.25) is 0 Å². The van der Waals surface area contributed by atoms with Gasteiger partial charge in [0.15, 0.2) is 10.3 Å². The topological polar surface area (TPSA) is 28.0 Å². The maximum absolute atomic E-state index is 4.72. The van der Waals surface area contributed by atoms with E-state index in [4.69, 9.17) is 4.99 Å². The molecule has 0 atom stereocenters. The predicted molar refractivity (Wildman–Crippen MR) is 121 cm³/mol. The summed E-state index contributed by atoms with van der Waals surface area (Å²) in [7, 11) is 4.02. The third-order valence-electron chi connectivity index (χ3n) is 2.95. The van der Waals surface area contributed by atoms with E-state index < -0.39 is 0 Å². The molecule has 0 aliphatic rings. The molecule has 0 saturated carbocycles. The fourth-order valence-electron chi connectivity index (χ4n) is 1.79. The molecule has 128 valence electrons. The lowest BCUT2D eigenvalue weighted by atomic mass is 10.2. The van der Waals surface area contributed by atoms with Crippen LogP contribution in [0, 0.1) is 0 Å². The predicted octanol–water partition coefficient (Wildman–Crippen LogP) is 5.51. The van der Waals surface area contributed by atoms with Crippen molar-refractivity contribution < 1.29 is 0 Å². The smallest absolute Gasteiger partial charge is 0.190 e. The molecule has 0 bridgehead atoms. The number of rotatable bonds is 3. The van der Waals surface area contributed by atoms with E-state index in [2.05, 4.69) is 29.3 Å². The summed E-state index contributed by atoms with van der Waals surface area (Å²) in [5.74, 6) is 0.894. The molecule has 0 fully saturated rings. The average molecular weight is 471 g/mol. The second kappa shape index (κ2) is 11.5. The van der Waals surface area contributed by atoms with Crippen molar-refractivity contribution >= 4 is 63.5 Å². The minimum absolute atomic E-state index is 0. The molecule has 0 radical (unpaired) electrons. The normalized spacial score (nSPS) is 11.8. The molecule has 24 heavy (non-hydrogen) atoms. The second-order valence-electron chi connectivity index (χ2n) is 5.00. The molecule has 2 rings (SSSR count). The second-order valence-corrected chi connectivity index (χ2v) is 6.71. The fraction of sp³-hybridized carbons (Fsp3) is 0.222. The number of amidine groups is 2. The van der Waals surface area contributed by atoms with Crippen molar-refractivity contribution in [1.29, 1.82) is 0 Å². The van der Waals surface area contributed by atoms with Crippen LogP contribution in [0.25, 0.3) is 0 Å². The van der Waals surface area contributed by atoms with Gasteiger partial charge in [-0.25, -0.2) is 4.99 Å². The number of halogens is 1. The lowest BCUT2D eigenvalue weighted by Crippen LogP contribution is -2.20. The first-order valence-electron chi connectivity index (χ1n) is 7.29. The molecule has 2 aromatic rings. The minimum Gasteiger partial charge on any atom is -0.357 e. The van der Waals surface area contributed by atoms with Gasteiger partial charge in [-0.05, 0) is 24.0 Å². The van der Waals surface area contributed by atoms with Crippen LogP contribution >= 0.6 is 47.5 Å². The van der Waals surface area contributed by atoms with Crippen molar-refractivity contribution in [3.63, 3.8) is 0 Å². The van der Waals surface area contributed by atoms with Gasteiger partial charge in [-0.1, -0.05) is 72.1 Å². The molecule has 0 spiro atoms. The monoisotopic (exact) mass is 471 g/mol. The maximum Gasteiger partial charge on any atom is 0.190 e. The molecule has 0 aliphatic carbocycles. The number of hydrogen-bond acceptors (Lipinski definition) is 3. The van der Waals surface area contributed by atoms with E-state index in [0.29, 0.717) is 0 Å². The van der Waals surface area contributed by atoms with Crippen molar-refractivity contribution in [2.45, 2.75) is 5.75 Å². The van der Waals surface area contributed by atoms with Gasteiger partial charge in [-0.15, -0.1) is 24.0 Å². The van der Waals surface area contributed by atoms with E-state index in [-0.39, 0.29) is 24.0 Å². The Labute approximate surface area is 170 Å². The van der Waals surface area contributed by atoms with Crippen molar-refractivity contribution in [2.24, 2.45) is 9.98 Å². The SMILES string of the molecule is CSC(=Nc1ccccc1)/N=C(/SCc1ccccc1)N(C)C.I.